The van der Waals surface area contributed by atoms with E-state index < -0.39 is 0 Å². The quantitative estimate of drug-likeness (QED) is 0.831. The number of benzene rings is 1. The lowest BCUT2D eigenvalue weighted by Gasteiger charge is -2.15. The molecular formula is C12H13BrClN. The van der Waals surface area contributed by atoms with Crippen LogP contribution in [0.15, 0.2) is 22.7 Å². The third-order valence-corrected chi connectivity index (χ3v) is 3.50. The second-order valence-corrected chi connectivity index (χ2v) is 4.52. The largest absolute Gasteiger partial charge is 0.313 e. The van der Waals surface area contributed by atoms with Crippen LogP contribution in [0.1, 0.15) is 24.4 Å². The van der Waals surface area contributed by atoms with Crippen molar-refractivity contribution < 1.29 is 0 Å². The lowest BCUT2D eigenvalue weighted by atomic mass is 10.0. The monoisotopic (exact) mass is 285 g/mol. The Balaban J connectivity index is 2.83. The summed E-state index contributed by atoms with van der Waals surface area (Å²) in [6, 6.07) is 6.24. The molecule has 1 aromatic rings. The van der Waals surface area contributed by atoms with E-state index in [-0.39, 0.29) is 6.04 Å². The summed E-state index contributed by atoms with van der Waals surface area (Å²) < 4.78 is 0.916. The molecule has 0 aliphatic heterocycles. The molecule has 1 N–H and O–H groups in total. The minimum Gasteiger partial charge on any atom is -0.313 e. The van der Waals surface area contributed by atoms with E-state index in [1.807, 2.05) is 25.2 Å². The summed E-state index contributed by atoms with van der Waals surface area (Å²) in [6.07, 6.45) is 6.94. The minimum atomic E-state index is 0.270. The average molecular weight is 287 g/mol. The predicted molar refractivity (Wildman–Crippen MR) is 69.0 cm³/mol. The van der Waals surface area contributed by atoms with Gasteiger partial charge in [0.05, 0.1) is 5.02 Å². The second-order valence-electron chi connectivity index (χ2n) is 3.26. The fraction of sp³-hybridized carbons (Fsp3) is 0.333. The molecule has 1 atom stereocenters. The highest BCUT2D eigenvalue weighted by Gasteiger charge is 2.09. The lowest BCUT2D eigenvalue weighted by molar-refractivity contribution is 0.558. The molecule has 0 aromatic heterocycles. The van der Waals surface area contributed by atoms with Crippen molar-refractivity contribution in [3.05, 3.63) is 33.3 Å². The normalized spacial score (nSPS) is 12.1. The molecule has 80 valence electrons. The van der Waals surface area contributed by atoms with Crippen LogP contribution < -0.4 is 5.32 Å². The summed E-state index contributed by atoms with van der Waals surface area (Å²) in [5.74, 6) is 2.65. The van der Waals surface area contributed by atoms with Crippen LogP contribution in [0.4, 0.5) is 0 Å². The Hall–Kier alpha value is -0.490. The fourth-order valence-electron chi connectivity index (χ4n) is 1.43. The average Bonchev–Trinajstić information content (AvgIpc) is 2.24. The van der Waals surface area contributed by atoms with Gasteiger partial charge >= 0.3 is 0 Å². The van der Waals surface area contributed by atoms with Crippen LogP contribution in [0.2, 0.25) is 5.02 Å². The zero-order valence-corrected chi connectivity index (χ0v) is 10.9. The van der Waals surface area contributed by atoms with E-state index in [0.29, 0.717) is 0 Å². The molecule has 15 heavy (non-hydrogen) atoms. The molecule has 0 aliphatic carbocycles. The van der Waals surface area contributed by atoms with Crippen molar-refractivity contribution in [2.45, 2.75) is 18.9 Å². The second kappa shape index (κ2) is 6.17. The van der Waals surface area contributed by atoms with E-state index in [2.05, 4.69) is 27.2 Å². The Labute approximate surface area is 104 Å². The van der Waals surface area contributed by atoms with Crippen LogP contribution in [0.25, 0.3) is 0 Å². The number of rotatable bonds is 4. The lowest BCUT2D eigenvalue weighted by Crippen LogP contribution is -2.16. The molecule has 0 spiro atoms. The van der Waals surface area contributed by atoms with Gasteiger partial charge in [0.2, 0.25) is 0 Å². The Morgan fingerprint density at radius 2 is 2.33 bits per heavy atom. The number of nitrogens with one attached hydrogen (secondary N) is 1. The molecule has 0 fully saturated rings. The first kappa shape index (κ1) is 12.6. The van der Waals surface area contributed by atoms with Crippen molar-refractivity contribution in [1.29, 1.82) is 0 Å². The summed E-state index contributed by atoms with van der Waals surface area (Å²) in [7, 11) is 1.93. The zero-order valence-electron chi connectivity index (χ0n) is 8.56. The van der Waals surface area contributed by atoms with E-state index in [1.165, 1.54) is 5.56 Å². The van der Waals surface area contributed by atoms with Gasteiger partial charge < -0.3 is 5.32 Å². The summed E-state index contributed by atoms with van der Waals surface area (Å²) in [5.41, 5.74) is 1.17. The summed E-state index contributed by atoms with van der Waals surface area (Å²) >= 11 is 9.40. The highest BCUT2D eigenvalue weighted by molar-refractivity contribution is 9.10. The third kappa shape index (κ3) is 3.53. The third-order valence-electron chi connectivity index (χ3n) is 2.27. The van der Waals surface area contributed by atoms with Gasteiger partial charge in [0, 0.05) is 16.9 Å². The maximum atomic E-state index is 6.03. The maximum Gasteiger partial charge on any atom is 0.0551 e. The molecule has 0 aliphatic rings. The van der Waals surface area contributed by atoms with Crippen molar-refractivity contribution in [1.82, 2.24) is 5.32 Å². The standard InChI is InChI=1S/C12H13BrClN/c1-3-4-5-12(15-2)9-6-7-10(13)11(14)8-9/h1,6-8,12,15H,4-5H2,2H3. The smallest absolute Gasteiger partial charge is 0.0551 e. The molecule has 1 nitrogen and oxygen atoms in total. The van der Waals surface area contributed by atoms with Crippen molar-refractivity contribution in [3.8, 4) is 12.3 Å². The first-order valence-corrected chi connectivity index (χ1v) is 5.91. The van der Waals surface area contributed by atoms with Crippen LogP contribution >= 0.6 is 27.5 Å². The van der Waals surface area contributed by atoms with Crippen molar-refractivity contribution >= 4 is 27.5 Å². The molecule has 0 radical (unpaired) electrons. The van der Waals surface area contributed by atoms with Gasteiger partial charge in [0.1, 0.15) is 0 Å². The van der Waals surface area contributed by atoms with Crippen LogP contribution in [-0.2, 0) is 0 Å². The first-order chi connectivity index (χ1) is 7.19. The molecule has 0 heterocycles. The van der Waals surface area contributed by atoms with Gasteiger partial charge in [-0.25, -0.2) is 0 Å². The first-order valence-electron chi connectivity index (χ1n) is 4.74. The summed E-state index contributed by atoms with van der Waals surface area (Å²) in [6.45, 7) is 0. The molecule has 1 rings (SSSR count). The van der Waals surface area contributed by atoms with Gasteiger partial charge in [0.25, 0.3) is 0 Å². The molecule has 0 amide bonds. The minimum absolute atomic E-state index is 0.270. The molecular weight excluding hydrogens is 273 g/mol. The van der Waals surface area contributed by atoms with Gasteiger partial charge in [-0.05, 0) is 47.1 Å². The van der Waals surface area contributed by atoms with Crippen LogP contribution in [-0.4, -0.2) is 7.05 Å². The SMILES string of the molecule is C#CCCC(NC)c1ccc(Br)c(Cl)c1. The Morgan fingerprint density at radius 1 is 1.60 bits per heavy atom. The number of hydrogen-bond donors (Lipinski definition) is 1. The van der Waals surface area contributed by atoms with E-state index in [4.69, 9.17) is 18.0 Å². The topological polar surface area (TPSA) is 12.0 Å². The molecule has 0 saturated heterocycles. The molecule has 0 saturated carbocycles. The maximum absolute atomic E-state index is 6.03. The number of terminal acetylenes is 1. The van der Waals surface area contributed by atoms with Crippen molar-refractivity contribution in [2.75, 3.05) is 7.05 Å². The Kier molecular flexibility index (Phi) is 5.17. The van der Waals surface area contributed by atoms with Gasteiger partial charge in [-0.1, -0.05) is 17.7 Å². The fourth-order valence-corrected chi connectivity index (χ4v) is 1.87. The van der Waals surface area contributed by atoms with Crippen LogP contribution in [0, 0.1) is 12.3 Å². The molecule has 1 unspecified atom stereocenters. The van der Waals surface area contributed by atoms with Crippen LogP contribution in [0.5, 0.6) is 0 Å². The van der Waals surface area contributed by atoms with E-state index in [1.54, 1.807) is 0 Å². The highest BCUT2D eigenvalue weighted by atomic mass is 79.9. The summed E-state index contributed by atoms with van der Waals surface area (Å²) in [5, 5.41) is 3.96. The van der Waals surface area contributed by atoms with E-state index >= 15 is 0 Å². The molecule has 3 heteroatoms. The van der Waals surface area contributed by atoms with E-state index in [9.17, 15) is 0 Å². The van der Waals surface area contributed by atoms with Crippen molar-refractivity contribution in [2.24, 2.45) is 0 Å². The number of halogens is 2. The Bertz CT molecular complexity index is 370. The zero-order chi connectivity index (χ0) is 11.3. The van der Waals surface area contributed by atoms with Gasteiger partial charge in [-0.2, -0.15) is 0 Å². The van der Waals surface area contributed by atoms with Gasteiger partial charge in [-0.3, -0.25) is 0 Å². The van der Waals surface area contributed by atoms with Crippen LogP contribution in [0.3, 0.4) is 0 Å². The molecule has 0 bridgehead atoms. The number of hydrogen-bond acceptors (Lipinski definition) is 1. The van der Waals surface area contributed by atoms with Gasteiger partial charge in [0.15, 0.2) is 0 Å². The van der Waals surface area contributed by atoms with Gasteiger partial charge in [-0.15, -0.1) is 12.3 Å². The van der Waals surface area contributed by atoms with Crippen molar-refractivity contribution in [3.63, 3.8) is 0 Å². The predicted octanol–water partition coefficient (Wildman–Crippen LogP) is 3.78. The van der Waals surface area contributed by atoms with E-state index in [0.717, 1.165) is 22.3 Å². The summed E-state index contributed by atoms with van der Waals surface area (Å²) in [4.78, 5) is 0. The molecule has 1 aromatic carbocycles. The highest BCUT2D eigenvalue weighted by Crippen LogP contribution is 2.27. The Morgan fingerprint density at radius 3 is 2.87 bits per heavy atom.